The number of piperidine rings is 1. The lowest BCUT2D eigenvalue weighted by molar-refractivity contribution is 0.350. The van der Waals surface area contributed by atoms with Gasteiger partial charge in [-0.25, -0.2) is 0 Å². The van der Waals surface area contributed by atoms with Gasteiger partial charge in [-0.1, -0.05) is 37.8 Å². The summed E-state index contributed by atoms with van der Waals surface area (Å²) in [6, 6.07) is 3.92. The third-order valence-electron chi connectivity index (χ3n) is 4.19. The van der Waals surface area contributed by atoms with Gasteiger partial charge in [0, 0.05) is 18.8 Å². The second-order valence-corrected chi connectivity index (χ2v) is 7.99. The lowest BCUT2D eigenvalue weighted by Crippen LogP contribution is -2.40. The Hall–Kier alpha value is -1.69. The first-order valence-corrected chi connectivity index (χ1v) is 9.49. The quantitative estimate of drug-likeness (QED) is 0.583. The van der Waals surface area contributed by atoms with Gasteiger partial charge in [0.15, 0.2) is 5.16 Å². The normalized spacial score (nSPS) is 21.2. The van der Waals surface area contributed by atoms with Crippen molar-refractivity contribution >= 4 is 17.7 Å². The predicted octanol–water partition coefficient (Wildman–Crippen LogP) is 4.07. The van der Waals surface area contributed by atoms with Crippen LogP contribution in [0.3, 0.4) is 0 Å². The van der Waals surface area contributed by atoms with Crippen molar-refractivity contribution in [3.8, 4) is 0 Å². The van der Waals surface area contributed by atoms with Crippen molar-refractivity contribution < 1.29 is 4.42 Å². The maximum atomic E-state index is 5.55. The van der Waals surface area contributed by atoms with Crippen molar-refractivity contribution in [2.24, 2.45) is 11.8 Å². The summed E-state index contributed by atoms with van der Waals surface area (Å²) >= 11 is 1.68. The molecular formula is C18H26N4OS. The molecule has 1 aliphatic heterocycles. The Balaban J connectivity index is 1.88. The maximum Gasteiger partial charge on any atom is 0.228 e. The van der Waals surface area contributed by atoms with Crippen LogP contribution >= 0.6 is 11.8 Å². The van der Waals surface area contributed by atoms with Gasteiger partial charge in [0.25, 0.3) is 0 Å². The molecule has 2 aromatic rings. The van der Waals surface area contributed by atoms with Crippen LogP contribution in [0, 0.1) is 11.8 Å². The highest BCUT2D eigenvalue weighted by Gasteiger charge is 2.27. The van der Waals surface area contributed by atoms with Crippen LogP contribution in [0.1, 0.15) is 33.0 Å². The van der Waals surface area contributed by atoms with Gasteiger partial charge in [-0.15, -0.1) is 10.2 Å². The van der Waals surface area contributed by atoms with Crippen molar-refractivity contribution in [3.63, 3.8) is 0 Å². The molecule has 2 aromatic heterocycles. The van der Waals surface area contributed by atoms with E-state index < -0.39 is 0 Å². The minimum atomic E-state index is 0.660. The molecule has 3 heterocycles. The smallest absolute Gasteiger partial charge is 0.228 e. The molecule has 1 fully saturated rings. The number of furan rings is 1. The van der Waals surface area contributed by atoms with E-state index in [1.807, 2.05) is 19.1 Å². The summed E-state index contributed by atoms with van der Waals surface area (Å²) < 4.78 is 7.73. The summed E-state index contributed by atoms with van der Waals surface area (Å²) in [6.07, 6.45) is 2.99. The first-order valence-electron chi connectivity index (χ1n) is 8.50. The topological polar surface area (TPSA) is 47.1 Å². The van der Waals surface area contributed by atoms with E-state index in [0.717, 1.165) is 41.3 Å². The number of nitrogens with zero attached hydrogens (tertiary/aromatic N) is 4. The molecule has 0 N–H and O–H groups in total. The van der Waals surface area contributed by atoms with Crippen LogP contribution in [0.2, 0.25) is 0 Å². The van der Waals surface area contributed by atoms with E-state index in [1.165, 1.54) is 6.42 Å². The molecule has 0 amide bonds. The van der Waals surface area contributed by atoms with Crippen LogP contribution in [0.5, 0.6) is 0 Å². The Bertz CT molecular complexity index is 669. The average Bonchev–Trinajstić information content (AvgIpc) is 3.14. The van der Waals surface area contributed by atoms with Crippen LogP contribution in [-0.2, 0) is 6.54 Å². The summed E-state index contributed by atoms with van der Waals surface area (Å²) in [4.78, 5) is 2.37. The van der Waals surface area contributed by atoms with Crippen LogP contribution in [-0.4, -0.2) is 33.6 Å². The number of thioether (sulfide) groups is 1. The van der Waals surface area contributed by atoms with E-state index in [9.17, 15) is 0 Å². The Labute approximate surface area is 148 Å². The second-order valence-electron chi connectivity index (χ2n) is 7.04. The number of rotatable bonds is 6. The monoisotopic (exact) mass is 346 g/mol. The van der Waals surface area contributed by atoms with Gasteiger partial charge in [0.05, 0.1) is 12.8 Å². The minimum absolute atomic E-state index is 0.660. The van der Waals surface area contributed by atoms with Crippen molar-refractivity contribution in [2.45, 2.75) is 38.9 Å². The zero-order chi connectivity index (χ0) is 17.1. The van der Waals surface area contributed by atoms with Gasteiger partial charge >= 0.3 is 0 Å². The minimum Gasteiger partial charge on any atom is -0.467 e. The number of hydrogen-bond acceptors (Lipinski definition) is 5. The number of anilines is 1. The van der Waals surface area contributed by atoms with Crippen molar-refractivity contribution in [2.75, 3.05) is 23.7 Å². The van der Waals surface area contributed by atoms with E-state index in [0.29, 0.717) is 18.4 Å². The number of aromatic nitrogens is 3. The fourth-order valence-electron chi connectivity index (χ4n) is 3.33. The molecule has 0 spiro atoms. The van der Waals surface area contributed by atoms with Crippen LogP contribution < -0.4 is 4.90 Å². The van der Waals surface area contributed by atoms with Crippen LogP contribution in [0.4, 0.5) is 5.95 Å². The standard InChI is InChI=1S/C18H26N4OS/c1-13(2)12-24-18-20-19-17(21-9-14(3)8-15(4)10-21)22(18)11-16-6-5-7-23-16/h5-7,14-15H,1,8-12H2,2-4H3. The molecule has 6 heteroatoms. The molecule has 0 aromatic carbocycles. The third kappa shape index (κ3) is 4.04. The van der Waals surface area contributed by atoms with Gasteiger partial charge in [-0.3, -0.25) is 4.57 Å². The fraction of sp³-hybridized carbons (Fsp3) is 0.556. The molecule has 0 aliphatic carbocycles. The van der Waals surface area contributed by atoms with Gasteiger partial charge < -0.3 is 9.32 Å². The molecule has 2 atom stereocenters. The highest BCUT2D eigenvalue weighted by molar-refractivity contribution is 7.99. The molecule has 2 unspecified atom stereocenters. The van der Waals surface area contributed by atoms with Gasteiger partial charge in [0.1, 0.15) is 5.76 Å². The highest BCUT2D eigenvalue weighted by atomic mass is 32.2. The average molecular weight is 347 g/mol. The first kappa shape index (κ1) is 17.1. The van der Waals surface area contributed by atoms with E-state index in [2.05, 4.69) is 40.1 Å². The molecule has 0 saturated carbocycles. The lowest BCUT2D eigenvalue weighted by atomic mass is 9.92. The van der Waals surface area contributed by atoms with Gasteiger partial charge in [0.2, 0.25) is 5.95 Å². The molecule has 3 rings (SSSR count). The Morgan fingerprint density at radius 2 is 2.08 bits per heavy atom. The van der Waals surface area contributed by atoms with Crippen LogP contribution in [0.15, 0.2) is 40.1 Å². The zero-order valence-electron chi connectivity index (χ0n) is 14.7. The summed E-state index contributed by atoms with van der Waals surface area (Å²) in [5, 5.41) is 9.89. The third-order valence-corrected chi connectivity index (χ3v) is 5.39. The fourth-order valence-corrected chi connectivity index (χ4v) is 4.11. The second kappa shape index (κ2) is 7.47. The van der Waals surface area contributed by atoms with E-state index in [1.54, 1.807) is 18.0 Å². The summed E-state index contributed by atoms with van der Waals surface area (Å²) in [7, 11) is 0. The van der Waals surface area contributed by atoms with Crippen molar-refractivity contribution in [1.82, 2.24) is 14.8 Å². The molecule has 5 nitrogen and oxygen atoms in total. The van der Waals surface area contributed by atoms with Gasteiger partial charge in [-0.05, 0) is 37.3 Å². The van der Waals surface area contributed by atoms with E-state index in [-0.39, 0.29) is 0 Å². The SMILES string of the molecule is C=C(C)CSc1nnc(N2CC(C)CC(C)C2)n1Cc1ccco1. The molecule has 0 radical (unpaired) electrons. The Morgan fingerprint density at radius 1 is 1.33 bits per heavy atom. The summed E-state index contributed by atoms with van der Waals surface area (Å²) in [5.74, 6) is 4.08. The van der Waals surface area contributed by atoms with Gasteiger partial charge in [-0.2, -0.15) is 0 Å². The van der Waals surface area contributed by atoms with Crippen LogP contribution in [0.25, 0.3) is 0 Å². The van der Waals surface area contributed by atoms with E-state index >= 15 is 0 Å². The largest absolute Gasteiger partial charge is 0.467 e. The van der Waals surface area contributed by atoms with Crippen molar-refractivity contribution in [3.05, 3.63) is 36.3 Å². The van der Waals surface area contributed by atoms with E-state index in [4.69, 9.17) is 4.42 Å². The Morgan fingerprint density at radius 3 is 2.71 bits per heavy atom. The molecule has 0 bridgehead atoms. The summed E-state index contributed by atoms with van der Waals surface area (Å²) in [6.45, 7) is 13.4. The lowest BCUT2D eigenvalue weighted by Gasteiger charge is -2.35. The van der Waals surface area contributed by atoms with Crippen molar-refractivity contribution in [1.29, 1.82) is 0 Å². The molecule has 1 saturated heterocycles. The predicted molar refractivity (Wildman–Crippen MR) is 98.5 cm³/mol. The molecule has 24 heavy (non-hydrogen) atoms. The highest BCUT2D eigenvalue weighted by Crippen LogP contribution is 2.29. The molecular weight excluding hydrogens is 320 g/mol. The molecule has 1 aliphatic rings. The number of hydrogen-bond donors (Lipinski definition) is 0. The molecule has 130 valence electrons. The Kier molecular flexibility index (Phi) is 5.33. The zero-order valence-corrected chi connectivity index (χ0v) is 15.6. The summed E-state index contributed by atoms with van der Waals surface area (Å²) in [5.41, 5.74) is 1.13. The first-order chi connectivity index (χ1) is 11.5. The maximum absolute atomic E-state index is 5.55.